The summed E-state index contributed by atoms with van der Waals surface area (Å²) in [5.41, 5.74) is 4.27. The number of hydrogen-bond acceptors (Lipinski definition) is 1. The van der Waals surface area contributed by atoms with Crippen LogP contribution in [0.3, 0.4) is 0 Å². The van der Waals surface area contributed by atoms with E-state index in [1.165, 1.54) is 24.3 Å². The van der Waals surface area contributed by atoms with Gasteiger partial charge in [0.05, 0.1) is 6.54 Å². The minimum atomic E-state index is -0.647. The number of halogens is 3. The zero-order valence-corrected chi connectivity index (χ0v) is 16.7. The molecule has 152 valence electrons. The predicted octanol–water partition coefficient (Wildman–Crippen LogP) is 5.06. The summed E-state index contributed by atoms with van der Waals surface area (Å²) in [5, 5.41) is 2.85. The molecule has 0 atom stereocenters. The molecule has 0 aliphatic carbocycles. The van der Waals surface area contributed by atoms with Crippen LogP contribution in [0.15, 0.2) is 42.5 Å². The summed E-state index contributed by atoms with van der Waals surface area (Å²) in [6.45, 7) is 6.13. The van der Waals surface area contributed by atoms with Crippen molar-refractivity contribution in [1.29, 1.82) is 0 Å². The second-order valence-corrected chi connectivity index (χ2v) is 7.02. The summed E-state index contributed by atoms with van der Waals surface area (Å²) in [5.74, 6) is -1.92. The molecule has 0 saturated carbocycles. The number of carbonyl (C=O) groups is 1. The highest BCUT2D eigenvalue weighted by molar-refractivity contribution is 5.95. The fourth-order valence-corrected chi connectivity index (χ4v) is 3.65. The predicted molar refractivity (Wildman–Crippen MR) is 106 cm³/mol. The first-order valence-electron chi connectivity index (χ1n) is 9.47. The minimum absolute atomic E-state index is 0.123. The highest BCUT2D eigenvalue weighted by atomic mass is 19.1. The smallest absolute Gasteiger partial charge is 0.268 e. The van der Waals surface area contributed by atoms with Crippen molar-refractivity contribution in [2.45, 2.75) is 40.3 Å². The van der Waals surface area contributed by atoms with Crippen molar-refractivity contribution in [3.05, 3.63) is 93.6 Å². The lowest BCUT2D eigenvalue weighted by Crippen LogP contribution is -2.27. The van der Waals surface area contributed by atoms with Gasteiger partial charge in [-0.25, -0.2) is 13.2 Å². The number of nitrogens with one attached hydrogen (secondary N) is 1. The van der Waals surface area contributed by atoms with Crippen molar-refractivity contribution in [1.82, 2.24) is 9.88 Å². The van der Waals surface area contributed by atoms with E-state index in [1.807, 2.05) is 20.8 Å². The summed E-state index contributed by atoms with van der Waals surface area (Å²) < 4.78 is 42.3. The van der Waals surface area contributed by atoms with Gasteiger partial charge in [-0.15, -0.1) is 0 Å². The Bertz CT molecular complexity index is 1040. The molecule has 0 aliphatic heterocycles. The van der Waals surface area contributed by atoms with Crippen LogP contribution in [0.25, 0.3) is 0 Å². The zero-order chi connectivity index (χ0) is 21.1. The van der Waals surface area contributed by atoms with Crippen LogP contribution in [-0.2, 0) is 19.5 Å². The first-order chi connectivity index (χ1) is 13.8. The molecule has 3 nitrogen and oxygen atoms in total. The summed E-state index contributed by atoms with van der Waals surface area (Å²) in [4.78, 5) is 13.0. The fourth-order valence-electron chi connectivity index (χ4n) is 3.65. The fraction of sp³-hybridized carbons (Fsp3) is 0.261. The van der Waals surface area contributed by atoms with Gasteiger partial charge in [0.25, 0.3) is 5.91 Å². The molecule has 1 heterocycles. The molecule has 2 aromatic carbocycles. The van der Waals surface area contributed by atoms with Gasteiger partial charge in [0.15, 0.2) is 0 Å². The van der Waals surface area contributed by atoms with E-state index in [0.29, 0.717) is 11.3 Å². The molecule has 0 bridgehead atoms. The van der Waals surface area contributed by atoms with Crippen LogP contribution in [0.2, 0.25) is 0 Å². The Hall–Kier alpha value is -3.02. The second-order valence-electron chi connectivity index (χ2n) is 7.02. The SMILES string of the molecule is CCc1c(C)c(C(=O)NCc2ccc(F)cc2)n(Cc2ccc(F)cc2F)c1C. The van der Waals surface area contributed by atoms with Gasteiger partial charge in [0, 0.05) is 23.9 Å². The molecular weight excluding hydrogens is 377 g/mol. The van der Waals surface area contributed by atoms with Crippen LogP contribution in [0.4, 0.5) is 13.2 Å². The highest BCUT2D eigenvalue weighted by Crippen LogP contribution is 2.25. The molecule has 0 saturated heterocycles. The maximum Gasteiger partial charge on any atom is 0.268 e. The summed E-state index contributed by atoms with van der Waals surface area (Å²) >= 11 is 0. The van der Waals surface area contributed by atoms with E-state index in [-0.39, 0.29) is 24.8 Å². The van der Waals surface area contributed by atoms with Crippen LogP contribution < -0.4 is 5.32 Å². The number of hydrogen-bond donors (Lipinski definition) is 1. The molecule has 29 heavy (non-hydrogen) atoms. The Morgan fingerprint density at radius 2 is 1.66 bits per heavy atom. The van der Waals surface area contributed by atoms with E-state index in [1.54, 1.807) is 16.7 Å². The lowest BCUT2D eigenvalue weighted by atomic mass is 10.1. The lowest BCUT2D eigenvalue weighted by molar-refractivity contribution is 0.0941. The molecule has 0 aliphatic rings. The Kier molecular flexibility index (Phi) is 6.11. The Balaban J connectivity index is 1.92. The standard InChI is InChI=1S/C23H23F3N2O/c1-4-20-14(2)22(23(29)27-12-16-5-8-18(24)9-6-16)28(15(20)3)13-17-7-10-19(25)11-21(17)26/h5-11H,4,12-13H2,1-3H3,(H,27,29). The quantitative estimate of drug-likeness (QED) is 0.616. The van der Waals surface area contributed by atoms with Gasteiger partial charge in [-0.2, -0.15) is 0 Å². The van der Waals surface area contributed by atoms with Crippen LogP contribution in [0.1, 0.15) is 45.4 Å². The van der Waals surface area contributed by atoms with Crippen LogP contribution in [0.5, 0.6) is 0 Å². The zero-order valence-electron chi connectivity index (χ0n) is 16.7. The molecule has 0 radical (unpaired) electrons. The third-order valence-corrected chi connectivity index (χ3v) is 5.20. The van der Waals surface area contributed by atoms with E-state index in [2.05, 4.69) is 5.32 Å². The lowest BCUT2D eigenvalue weighted by Gasteiger charge is -2.14. The third-order valence-electron chi connectivity index (χ3n) is 5.20. The van der Waals surface area contributed by atoms with Crippen LogP contribution in [-0.4, -0.2) is 10.5 Å². The van der Waals surface area contributed by atoms with Gasteiger partial charge in [0.1, 0.15) is 23.1 Å². The second kappa shape index (κ2) is 8.55. The molecule has 0 spiro atoms. The van der Waals surface area contributed by atoms with Crippen LogP contribution in [0, 0.1) is 31.3 Å². The molecule has 6 heteroatoms. The maximum atomic E-state index is 14.2. The third kappa shape index (κ3) is 4.36. The summed E-state index contributed by atoms with van der Waals surface area (Å²) in [6.07, 6.45) is 0.731. The van der Waals surface area contributed by atoms with E-state index in [9.17, 15) is 18.0 Å². The molecule has 3 aromatic rings. The first-order valence-corrected chi connectivity index (χ1v) is 9.47. The van der Waals surface area contributed by atoms with Gasteiger partial charge < -0.3 is 9.88 Å². The average molecular weight is 400 g/mol. The largest absolute Gasteiger partial charge is 0.347 e. The van der Waals surface area contributed by atoms with E-state index in [4.69, 9.17) is 0 Å². The number of carbonyl (C=O) groups excluding carboxylic acids is 1. The normalized spacial score (nSPS) is 11.0. The molecular formula is C23H23F3N2O. The van der Waals surface area contributed by atoms with Gasteiger partial charge in [-0.1, -0.05) is 25.1 Å². The van der Waals surface area contributed by atoms with Gasteiger partial charge in [-0.05, 0) is 55.2 Å². The van der Waals surface area contributed by atoms with Crippen molar-refractivity contribution in [3.8, 4) is 0 Å². The van der Waals surface area contributed by atoms with E-state index >= 15 is 0 Å². The number of amides is 1. The van der Waals surface area contributed by atoms with Crippen molar-refractivity contribution in [2.24, 2.45) is 0 Å². The molecule has 3 rings (SSSR count). The summed E-state index contributed by atoms with van der Waals surface area (Å²) in [7, 11) is 0. The van der Waals surface area contributed by atoms with E-state index < -0.39 is 11.6 Å². The highest BCUT2D eigenvalue weighted by Gasteiger charge is 2.22. The topological polar surface area (TPSA) is 34.0 Å². The van der Waals surface area contributed by atoms with Gasteiger partial charge >= 0.3 is 0 Å². The van der Waals surface area contributed by atoms with E-state index in [0.717, 1.165) is 34.9 Å². The van der Waals surface area contributed by atoms with Crippen molar-refractivity contribution >= 4 is 5.91 Å². The molecule has 1 amide bonds. The number of benzene rings is 2. The molecule has 1 N–H and O–H groups in total. The maximum absolute atomic E-state index is 14.2. The molecule has 0 unspecified atom stereocenters. The average Bonchev–Trinajstić information content (AvgIpc) is 2.92. The van der Waals surface area contributed by atoms with Crippen LogP contribution >= 0.6 is 0 Å². The van der Waals surface area contributed by atoms with Crippen molar-refractivity contribution < 1.29 is 18.0 Å². The number of rotatable bonds is 6. The Labute approximate surface area is 168 Å². The molecule has 1 aromatic heterocycles. The first kappa shape index (κ1) is 20.7. The van der Waals surface area contributed by atoms with Gasteiger partial charge in [-0.3, -0.25) is 4.79 Å². The van der Waals surface area contributed by atoms with Crippen molar-refractivity contribution in [3.63, 3.8) is 0 Å². The Morgan fingerprint density at radius 3 is 2.28 bits per heavy atom. The number of nitrogens with zero attached hydrogens (tertiary/aromatic N) is 1. The van der Waals surface area contributed by atoms with Gasteiger partial charge in [0.2, 0.25) is 0 Å². The minimum Gasteiger partial charge on any atom is -0.347 e. The summed E-state index contributed by atoms with van der Waals surface area (Å²) in [6, 6.07) is 9.34. The Morgan fingerprint density at radius 1 is 1.00 bits per heavy atom. The van der Waals surface area contributed by atoms with Crippen molar-refractivity contribution in [2.75, 3.05) is 0 Å². The number of aromatic nitrogens is 1. The molecule has 0 fully saturated rings. The monoisotopic (exact) mass is 400 g/mol.